The Hall–Kier alpha value is -0.884. The number of hydrogen-bond acceptors (Lipinski definition) is 4. The largest absolute Gasteiger partial charge is 1.00 e. The average Bonchev–Trinajstić information content (AvgIpc) is 2.83. The zero-order chi connectivity index (χ0) is 24.2. The van der Waals surface area contributed by atoms with Gasteiger partial charge in [0.05, 0.1) is 14.3 Å². The van der Waals surface area contributed by atoms with Crippen LogP contribution in [0.25, 0.3) is 6.08 Å². The molecule has 0 bridgehead atoms. The second-order valence-electron chi connectivity index (χ2n) is 4.11. The SMILES string of the molecule is C.C=CC(=O)OC.CC.CF.Ic1ccccc1.O=C(O)/C=C/c1ccccc1.[2H]C.[K+].[OH-]. The number of rotatable bonds is 3. The summed E-state index contributed by atoms with van der Waals surface area (Å²) < 4.78 is 20.7. The molecule has 2 N–H and O–H groups in total. The smallest absolute Gasteiger partial charge is 0.870 e. The molecule has 0 aliphatic carbocycles. The first-order valence-electron chi connectivity index (χ1n) is 9.24. The predicted octanol–water partition coefficient (Wildman–Crippen LogP) is 4.13. The number of aliphatic carboxylic acids is 1. The Morgan fingerprint density at radius 1 is 1.03 bits per heavy atom. The van der Waals surface area contributed by atoms with Crippen molar-refractivity contribution in [3.63, 3.8) is 0 Å². The molecule has 0 saturated carbocycles. The summed E-state index contributed by atoms with van der Waals surface area (Å²) in [6, 6.07) is 19.5. The molecule has 2 aromatic carbocycles. The Kier molecular flexibility index (Phi) is 56.6. The van der Waals surface area contributed by atoms with E-state index in [-0.39, 0.29) is 64.3 Å². The van der Waals surface area contributed by atoms with Gasteiger partial charge in [0.15, 0.2) is 0 Å². The summed E-state index contributed by atoms with van der Waals surface area (Å²) in [5.41, 5.74) is 0.898. The van der Waals surface area contributed by atoms with Gasteiger partial charge in [-0.25, -0.2) is 9.59 Å². The molecule has 0 radical (unpaired) electrons. The first-order valence-corrected chi connectivity index (χ1v) is 9.32. The van der Waals surface area contributed by atoms with Crippen LogP contribution in [0.15, 0.2) is 79.4 Å². The molecule has 0 spiro atoms. The summed E-state index contributed by atoms with van der Waals surface area (Å²) >= 11 is 2.28. The van der Waals surface area contributed by atoms with Crippen molar-refractivity contribution in [1.82, 2.24) is 0 Å². The Balaban J connectivity index is -0.0000000547. The van der Waals surface area contributed by atoms with Gasteiger partial charge in [0.25, 0.3) is 0 Å². The molecule has 0 amide bonds. The molecule has 0 fully saturated rings. The van der Waals surface area contributed by atoms with E-state index in [0.29, 0.717) is 7.18 Å². The molecule has 32 heavy (non-hydrogen) atoms. The average molecular weight is 592 g/mol. The van der Waals surface area contributed by atoms with Gasteiger partial charge >= 0.3 is 63.3 Å². The number of carboxylic acids is 1. The molecule has 0 aliphatic rings. The van der Waals surface area contributed by atoms with Crippen LogP contribution in [-0.2, 0) is 14.3 Å². The van der Waals surface area contributed by atoms with Gasteiger partial charge in [0.1, 0.15) is 0 Å². The molecule has 2 rings (SSSR count). The van der Waals surface area contributed by atoms with E-state index >= 15 is 0 Å². The van der Waals surface area contributed by atoms with Crippen LogP contribution < -0.4 is 51.4 Å². The number of methoxy groups -OCH3 is 1. The van der Waals surface area contributed by atoms with Crippen LogP contribution in [0, 0.1) is 3.57 Å². The Bertz CT molecular complexity index is 660. The van der Waals surface area contributed by atoms with Gasteiger partial charge in [-0.05, 0) is 46.4 Å². The standard InChI is InChI=1S/C9H8O2.C6H5I.C4H6O2.C2H6.CH3F.2CH4.K.H2O/c10-9(11)7-6-8-4-2-1-3-5-8;7-6-4-2-1-3-5-6;1-3-4(5)6-2;2*1-2;;;;/h1-7H,(H,10,11);1-5H;3H,1H2,2H3;1-2H3;1H3;2*1H4;;1H2/q;;;;;;;+1;/p-1/b7-6+;;;;;;;;/i;;;;;1D;;;. The Morgan fingerprint density at radius 3 is 1.62 bits per heavy atom. The second-order valence-corrected chi connectivity index (χ2v) is 5.35. The summed E-state index contributed by atoms with van der Waals surface area (Å²) in [5.74, 6) is -1.32. The topological polar surface area (TPSA) is 93.6 Å². The Labute approximate surface area is 251 Å². The molecule has 0 aromatic heterocycles. The van der Waals surface area contributed by atoms with Gasteiger partial charge in [-0.3, -0.25) is 4.39 Å². The van der Waals surface area contributed by atoms with Gasteiger partial charge in [-0.15, -0.1) is 0 Å². The number of esters is 1. The fraction of sp³-hybridized carbons (Fsp3) is 0.250. The predicted molar refractivity (Wildman–Crippen MR) is 138 cm³/mol. The van der Waals surface area contributed by atoms with Crippen molar-refractivity contribution in [1.29, 1.82) is 0 Å². The van der Waals surface area contributed by atoms with E-state index in [4.69, 9.17) is 6.48 Å². The Morgan fingerprint density at radius 2 is 1.41 bits per heavy atom. The molecular formula is C24H37FIKO5. The van der Waals surface area contributed by atoms with Crippen LogP contribution in [-0.4, -0.2) is 36.8 Å². The maximum absolute atomic E-state index is 10.1. The molecule has 0 aliphatic heterocycles. The third-order valence-electron chi connectivity index (χ3n) is 2.32. The number of ether oxygens (including phenoxy) is 1. The monoisotopic (exact) mass is 591 g/mol. The summed E-state index contributed by atoms with van der Waals surface area (Å²) in [6.07, 6.45) is 3.79. The van der Waals surface area contributed by atoms with E-state index in [1.54, 1.807) is 6.08 Å². The molecule has 2 aromatic rings. The van der Waals surface area contributed by atoms with Gasteiger partial charge in [0, 0.05) is 17.1 Å². The number of benzene rings is 2. The van der Waals surface area contributed by atoms with Crippen molar-refractivity contribution >= 4 is 40.6 Å². The van der Waals surface area contributed by atoms with Crippen LogP contribution in [0.4, 0.5) is 4.39 Å². The molecule has 0 atom stereocenters. The van der Waals surface area contributed by atoms with Crippen LogP contribution in [0.1, 0.15) is 35.6 Å². The zero-order valence-electron chi connectivity index (χ0n) is 20.1. The van der Waals surface area contributed by atoms with Gasteiger partial charge in [0.2, 0.25) is 0 Å². The van der Waals surface area contributed by atoms with E-state index in [2.05, 4.69) is 46.0 Å². The van der Waals surface area contributed by atoms with E-state index < -0.39 is 11.9 Å². The van der Waals surface area contributed by atoms with E-state index in [9.17, 15) is 14.0 Å². The number of alkyl halides is 1. The van der Waals surface area contributed by atoms with Crippen LogP contribution in [0.3, 0.4) is 0 Å². The summed E-state index contributed by atoms with van der Waals surface area (Å²) in [7, 11) is 3.06. The number of carbonyl (C=O) groups is 2. The van der Waals surface area contributed by atoms with Crippen LogP contribution in [0.2, 0.25) is 0 Å². The molecule has 0 saturated heterocycles. The van der Waals surface area contributed by atoms with Gasteiger partial charge < -0.3 is 15.3 Å². The van der Waals surface area contributed by atoms with Crippen LogP contribution in [0.5, 0.6) is 0 Å². The van der Waals surface area contributed by atoms with Crippen molar-refractivity contribution in [3.8, 4) is 0 Å². The molecule has 0 unspecified atom stereocenters. The van der Waals surface area contributed by atoms with Gasteiger partial charge in [-0.1, -0.05) is 83.8 Å². The molecule has 8 heteroatoms. The number of carbonyl (C=O) groups excluding carboxylic acids is 1. The van der Waals surface area contributed by atoms with Crippen LogP contribution >= 0.6 is 22.6 Å². The number of halogens is 2. The van der Waals surface area contributed by atoms with Crippen molar-refractivity contribution < 1.29 is 82.1 Å². The maximum Gasteiger partial charge on any atom is 1.00 e. The molecule has 178 valence electrons. The van der Waals surface area contributed by atoms with E-state index in [1.807, 2.05) is 62.4 Å². The third kappa shape index (κ3) is 39.6. The first-order chi connectivity index (χ1) is 14.5. The molecule has 0 heterocycles. The fourth-order valence-electron chi connectivity index (χ4n) is 1.23. The van der Waals surface area contributed by atoms with E-state index in [0.717, 1.165) is 17.7 Å². The maximum atomic E-state index is 10.1. The van der Waals surface area contributed by atoms with Crippen molar-refractivity contribution in [2.45, 2.75) is 28.7 Å². The summed E-state index contributed by atoms with van der Waals surface area (Å²) in [6.45, 7) is 7.16. The van der Waals surface area contributed by atoms with E-state index in [1.165, 1.54) is 18.1 Å². The van der Waals surface area contributed by atoms with Crippen molar-refractivity contribution in [2.75, 3.05) is 14.3 Å². The molecule has 5 nitrogen and oxygen atoms in total. The number of hydrogen-bond donors (Lipinski definition) is 1. The minimum absolute atomic E-state index is 0. The second kappa shape index (κ2) is 40.5. The normalized spacial score (nSPS) is 7.28. The minimum Gasteiger partial charge on any atom is -0.870 e. The first kappa shape index (κ1) is 44.7. The summed E-state index contributed by atoms with van der Waals surface area (Å²) in [4.78, 5) is 19.9. The third-order valence-corrected chi connectivity index (χ3v) is 3.04. The fourth-order valence-corrected chi connectivity index (χ4v) is 1.64. The quantitative estimate of drug-likeness (QED) is 0.251. The summed E-state index contributed by atoms with van der Waals surface area (Å²) in [5, 5.41) is 8.29. The number of carboxylic acid groups (broad SMARTS) is 1. The van der Waals surface area contributed by atoms with Gasteiger partial charge in [-0.2, -0.15) is 0 Å². The molecular weight excluding hydrogens is 553 g/mol. The minimum atomic E-state index is -0.922. The van der Waals surface area contributed by atoms with Crippen molar-refractivity contribution in [3.05, 3.63) is 88.5 Å². The zero-order valence-corrected chi connectivity index (χ0v) is 24.4. The van der Waals surface area contributed by atoms with Crippen molar-refractivity contribution in [2.24, 2.45) is 0 Å².